The van der Waals surface area contributed by atoms with Crippen LogP contribution in [0.5, 0.6) is 0 Å². The molecule has 0 spiro atoms. The van der Waals surface area contributed by atoms with Crippen LogP contribution in [0.4, 0.5) is 11.4 Å². The minimum atomic E-state index is -3.80. The number of sulfonamides is 1. The van der Waals surface area contributed by atoms with Gasteiger partial charge in [0.15, 0.2) is 0 Å². The summed E-state index contributed by atoms with van der Waals surface area (Å²) in [6.45, 7) is 2.51. The van der Waals surface area contributed by atoms with Crippen molar-refractivity contribution in [1.29, 1.82) is 0 Å². The van der Waals surface area contributed by atoms with E-state index in [4.69, 9.17) is 10.9 Å². The number of nitrogen functional groups attached to an aromatic ring is 1. The van der Waals surface area contributed by atoms with Gasteiger partial charge in [0.25, 0.3) is 0 Å². The molecule has 1 aromatic carbocycles. The van der Waals surface area contributed by atoms with Gasteiger partial charge in [-0.2, -0.15) is 0 Å². The van der Waals surface area contributed by atoms with Crippen LogP contribution < -0.4 is 16.2 Å². The zero-order valence-electron chi connectivity index (χ0n) is 11.0. The van der Waals surface area contributed by atoms with Gasteiger partial charge >= 0.3 is 0 Å². The molecule has 0 saturated heterocycles. The Labute approximate surface area is 121 Å². The number of rotatable bonds is 5. The molecular formula is C12H16N4O2S2. The summed E-state index contributed by atoms with van der Waals surface area (Å²) in [4.78, 5) is 4.35. The highest BCUT2D eigenvalue weighted by atomic mass is 32.2. The van der Waals surface area contributed by atoms with E-state index in [0.717, 1.165) is 10.7 Å². The van der Waals surface area contributed by atoms with Crippen molar-refractivity contribution in [2.75, 3.05) is 17.6 Å². The summed E-state index contributed by atoms with van der Waals surface area (Å²) in [6, 6.07) is 4.60. The molecule has 2 rings (SSSR count). The lowest BCUT2D eigenvalue weighted by molar-refractivity contribution is 0.598. The van der Waals surface area contributed by atoms with E-state index in [1.807, 2.05) is 12.3 Å². The summed E-state index contributed by atoms with van der Waals surface area (Å²) in [7, 11) is -3.80. The van der Waals surface area contributed by atoms with E-state index >= 15 is 0 Å². The third-order valence-electron chi connectivity index (χ3n) is 2.63. The highest BCUT2D eigenvalue weighted by Crippen LogP contribution is 2.22. The molecule has 5 N–H and O–H groups in total. The lowest BCUT2D eigenvalue weighted by Crippen LogP contribution is -2.16. The fraction of sp³-hybridized carbons (Fsp3) is 0.250. The van der Waals surface area contributed by atoms with Crippen LogP contribution in [0.3, 0.4) is 0 Å². The minimum Gasteiger partial charge on any atom is -0.399 e. The number of primary sulfonamides is 1. The number of anilines is 2. The van der Waals surface area contributed by atoms with Gasteiger partial charge in [-0.15, -0.1) is 11.3 Å². The summed E-state index contributed by atoms with van der Waals surface area (Å²) in [5.74, 6) is 0. The Morgan fingerprint density at radius 2 is 2.15 bits per heavy atom. The van der Waals surface area contributed by atoms with Crippen molar-refractivity contribution in [2.24, 2.45) is 5.14 Å². The largest absolute Gasteiger partial charge is 0.399 e. The van der Waals surface area contributed by atoms with Gasteiger partial charge in [0.05, 0.1) is 10.7 Å². The molecule has 6 nitrogen and oxygen atoms in total. The average Bonchev–Trinajstić information content (AvgIpc) is 2.76. The van der Waals surface area contributed by atoms with Gasteiger partial charge in [0, 0.05) is 29.7 Å². The molecule has 1 heterocycles. The predicted octanol–water partition coefficient (Wildman–Crippen LogP) is 1.34. The Morgan fingerprint density at radius 3 is 2.75 bits per heavy atom. The van der Waals surface area contributed by atoms with Crippen molar-refractivity contribution in [3.05, 3.63) is 34.3 Å². The highest BCUT2D eigenvalue weighted by Gasteiger charge is 2.14. The first-order valence-electron chi connectivity index (χ1n) is 5.93. The molecule has 8 heteroatoms. The zero-order chi connectivity index (χ0) is 14.8. The van der Waals surface area contributed by atoms with Gasteiger partial charge in [0.1, 0.15) is 4.90 Å². The number of nitrogens with zero attached hydrogens (tertiary/aromatic N) is 1. The quantitative estimate of drug-likeness (QED) is 0.721. The SMILES string of the molecule is Cc1csc(CCNc2ccc(N)cc2S(N)(=O)=O)n1. The Bertz CT molecular complexity index is 710. The number of aromatic nitrogens is 1. The Balaban J connectivity index is 2.10. The number of hydrogen-bond acceptors (Lipinski definition) is 6. The second-order valence-corrected chi connectivity index (χ2v) is 6.83. The number of nitrogens with two attached hydrogens (primary N) is 2. The molecule has 0 bridgehead atoms. The second kappa shape index (κ2) is 5.78. The smallest absolute Gasteiger partial charge is 0.240 e. The van der Waals surface area contributed by atoms with E-state index in [0.29, 0.717) is 24.3 Å². The number of nitrogens with one attached hydrogen (secondary N) is 1. The summed E-state index contributed by atoms with van der Waals surface area (Å²) < 4.78 is 23.0. The Hall–Kier alpha value is -1.64. The molecule has 0 unspecified atom stereocenters. The first kappa shape index (κ1) is 14.8. The van der Waals surface area contributed by atoms with Crippen LogP contribution >= 0.6 is 11.3 Å². The minimum absolute atomic E-state index is 0.00724. The van der Waals surface area contributed by atoms with Crippen LogP contribution in [-0.4, -0.2) is 19.9 Å². The third-order valence-corrected chi connectivity index (χ3v) is 4.61. The monoisotopic (exact) mass is 312 g/mol. The van der Waals surface area contributed by atoms with E-state index in [1.54, 1.807) is 23.5 Å². The predicted molar refractivity (Wildman–Crippen MR) is 81.3 cm³/mol. The summed E-state index contributed by atoms with van der Waals surface area (Å²) >= 11 is 1.58. The van der Waals surface area contributed by atoms with Crippen molar-refractivity contribution in [1.82, 2.24) is 4.98 Å². The first-order chi connectivity index (χ1) is 9.36. The molecule has 108 valence electrons. The molecule has 0 radical (unpaired) electrons. The molecule has 0 saturated carbocycles. The molecule has 0 fully saturated rings. The van der Waals surface area contributed by atoms with E-state index in [-0.39, 0.29) is 4.90 Å². The fourth-order valence-corrected chi connectivity index (χ4v) is 3.26. The van der Waals surface area contributed by atoms with Crippen molar-refractivity contribution in [2.45, 2.75) is 18.2 Å². The van der Waals surface area contributed by atoms with Crippen molar-refractivity contribution in [3.63, 3.8) is 0 Å². The van der Waals surface area contributed by atoms with Crippen molar-refractivity contribution < 1.29 is 8.42 Å². The number of aryl methyl sites for hydroxylation is 1. The van der Waals surface area contributed by atoms with Crippen LogP contribution in [0.25, 0.3) is 0 Å². The van der Waals surface area contributed by atoms with Crippen LogP contribution in [0.2, 0.25) is 0 Å². The number of benzene rings is 1. The van der Waals surface area contributed by atoms with Crippen LogP contribution in [-0.2, 0) is 16.4 Å². The maximum absolute atomic E-state index is 11.5. The molecule has 0 amide bonds. The fourth-order valence-electron chi connectivity index (χ4n) is 1.74. The zero-order valence-corrected chi connectivity index (χ0v) is 12.6. The second-order valence-electron chi connectivity index (χ2n) is 4.36. The third kappa shape index (κ3) is 3.69. The van der Waals surface area contributed by atoms with Crippen molar-refractivity contribution >= 4 is 32.7 Å². The maximum Gasteiger partial charge on any atom is 0.240 e. The van der Waals surface area contributed by atoms with Crippen LogP contribution in [0.1, 0.15) is 10.7 Å². The Kier molecular flexibility index (Phi) is 4.26. The number of hydrogen-bond donors (Lipinski definition) is 3. The van der Waals surface area contributed by atoms with Gasteiger partial charge in [-0.3, -0.25) is 0 Å². The lowest BCUT2D eigenvalue weighted by atomic mass is 10.3. The summed E-state index contributed by atoms with van der Waals surface area (Å²) in [6.07, 6.45) is 0.715. The van der Waals surface area contributed by atoms with E-state index in [2.05, 4.69) is 10.3 Å². The first-order valence-corrected chi connectivity index (χ1v) is 8.36. The Morgan fingerprint density at radius 1 is 1.40 bits per heavy atom. The standard InChI is InChI=1S/C12H16N4O2S2/c1-8-7-19-12(16-8)4-5-15-10-3-2-9(13)6-11(10)20(14,17)18/h2-3,6-7,15H,4-5,13H2,1H3,(H2,14,17,18). The van der Waals surface area contributed by atoms with Crippen molar-refractivity contribution in [3.8, 4) is 0 Å². The lowest BCUT2D eigenvalue weighted by Gasteiger charge is -2.10. The highest BCUT2D eigenvalue weighted by molar-refractivity contribution is 7.89. The van der Waals surface area contributed by atoms with Gasteiger partial charge in [-0.1, -0.05) is 0 Å². The summed E-state index contributed by atoms with van der Waals surface area (Å²) in [5, 5.41) is 11.2. The molecule has 0 atom stereocenters. The van der Waals surface area contributed by atoms with E-state index in [9.17, 15) is 8.42 Å². The molecule has 2 aromatic rings. The van der Waals surface area contributed by atoms with Crippen LogP contribution in [0, 0.1) is 6.92 Å². The van der Waals surface area contributed by atoms with E-state index in [1.165, 1.54) is 6.07 Å². The molecular weight excluding hydrogens is 296 g/mol. The molecule has 20 heavy (non-hydrogen) atoms. The topological polar surface area (TPSA) is 111 Å². The molecule has 0 aliphatic carbocycles. The van der Waals surface area contributed by atoms with Gasteiger partial charge < -0.3 is 11.1 Å². The molecule has 0 aliphatic heterocycles. The van der Waals surface area contributed by atoms with Gasteiger partial charge in [-0.25, -0.2) is 18.5 Å². The van der Waals surface area contributed by atoms with Crippen LogP contribution in [0.15, 0.2) is 28.5 Å². The normalized spacial score (nSPS) is 11.5. The van der Waals surface area contributed by atoms with Gasteiger partial charge in [0.2, 0.25) is 10.0 Å². The summed E-state index contributed by atoms with van der Waals surface area (Å²) in [5.41, 5.74) is 7.39. The average molecular weight is 312 g/mol. The van der Waals surface area contributed by atoms with E-state index < -0.39 is 10.0 Å². The number of thiazole rings is 1. The molecule has 0 aliphatic rings. The maximum atomic E-state index is 11.5. The van der Waals surface area contributed by atoms with Gasteiger partial charge in [-0.05, 0) is 25.1 Å². The molecule has 1 aromatic heterocycles.